The molecule has 3 nitrogen and oxygen atoms in total. The van der Waals surface area contributed by atoms with Crippen molar-refractivity contribution in [3.05, 3.63) is 42.1 Å². The van der Waals surface area contributed by atoms with Crippen LogP contribution in [0.3, 0.4) is 0 Å². The van der Waals surface area contributed by atoms with Crippen LogP contribution in [-0.4, -0.2) is 13.1 Å². The van der Waals surface area contributed by atoms with E-state index in [1.807, 2.05) is 12.3 Å². The fourth-order valence-corrected chi connectivity index (χ4v) is 1.54. The number of rotatable bonds is 0. The summed E-state index contributed by atoms with van der Waals surface area (Å²) in [5.74, 6) is 0. The number of anilines is 1. The van der Waals surface area contributed by atoms with Crippen LogP contribution in [0.2, 0.25) is 0 Å². The Morgan fingerprint density at radius 1 is 1.14 bits per heavy atom. The van der Waals surface area contributed by atoms with Crippen molar-refractivity contribution in [2.24, 2.45) is 0 Å². The summed E-state index contributed by atoms with van der Waals surface area (Å²) in [5, 5.41) is 3.30. The molecule has 14 heavy (non-hydrogen) atoms. The molecule has 0 spiro atoms. The van der Waals surface area contributed by atoms with E-state index in [-0.39, 0.29) is 0 Å². The lowest BCUT2D eigenvalue weighted by atomic mass is 10.2. The van der Waals surface area contributed by atoms with Gasteiger partial charge in [0.25, 0.3) is 0 Å². The summed E-state index contributed by atoms with van der Waals surface area (Å²) in [6.07, 6.45) is 5.08. The third kappa shape index (κ3) is 2.26. The van der Waals surface area contributed by atoms with Gasteiger partial charge in [-0.1, -0.05) is 24.3 Å². The summed E-state index contributed by atoms with van der Waals surface area (Å²) in [6, 6.07) is 8.46. The molecule has 0 saturated heterocycles. The van der Waals surface area contributed by atoms with E-state index in [1.165, 1.54) is 17.7 Å². The predicted octanol–water partition coefficient (Wildman–Crippen LogP) is 1.26. The Bertz CT molecular complexity index is 291. The van der Waals surface area contributed by atoms with Gasteiger partial charge in [0.05, 0.1) is 0 Å². The summed E-state index contributed by atoms with van der Waals surface area (Å²) < 4.78 is 0. The maximum Gasteiger partial charge on any atom is 0.0373 e. The van der Waals surface area contributed by atoms with E-state index in [1.54, 1.807) is 0 Å². The van der Waals surface area contributed by atoms with Gasteiger partial charge in [0.15, 0.2) is 0 Å². The van der Waals surface area contributed by atoms with Gasteiger partial charge in [-0.3, -0.25) is 0 Å². The largest absolute Gasteiger partial charge is 0.384 e. The lowest BCUT2D eigenvalue weighted by molar-refractivity contribution is 0.727. The second-order valence-electron chi connectivity index (χ2n) is 3.26. The van der Waals surface area contributed by atoms with E-state index in [0.29, 0.717) is 0 Å². The summed E-state index contributed by atoms with van der Waals surface area (Å²) in [7, 11) is 0. The maximum absolute atomic E-state index is 3.30. The van der Waals surface area contributed by atoms with E-state index >= 15 is 0 Å². The van der Waals surface area contributed by atoms with Crippen molar-refractivity contribution in [1.82, 2.24) is 10.9 Å². The summed E-state index contributed by atoms with van der Waals surface area (Å²) in [4.78, 5) is 0. The molecular weight excluding hydrogens is 174 g/mol. The van der Waals surface area contributed by atoms with Crippen LogP contribution in [0.25, 0.3) is 0 Å². The van der Waals surface area contributed by atoms with Gasteiger partial charge in [0, 0.05) is 25.0 Å². The first-order valence-corrected chi connectivity index (χ1v) is 4.92. The van der Waals surface area contributed by atoms with E-state index in [0.717, 1.165) is 13.1 Å². The summed E-state index contributed by atoms with van der Waals surface area (Å²) in [6.45, 7) is 2.07. The normalized spacial score (nSPS) is 16.3. The van der Waals surface area contributed by atoms with Crippen LogP contribution in [0.5, 0.6) is 0 Å². The Balaban J connectivity index is 0.000000128. The molecule has 3 rings (SSSR count). The molecule has 3 N–H and O–H groups in total. The third-order valence-electron chi connectivity index (χ3n) is 2.25. The number of hydrazine groups is 1. The number of nitrogens with one attached hydrogen (secondary N) is 3. The molecule has 0 fully saturated rings. The van der Waals surface area contributed by atoms with Crippen LogP contribution >= 0.6 is 0 Å². The second-order valence-corrected chi connectivity index (χ2v) is 3.26. The molecular formula is C11H15N3. The van der Waals surface area contributed by atoms with Gasteiger partial charge in [0.2, 0.25) is 0 Å². The van der Waals surface area contributed by atoms with Crippen molar-refractivity contribution in [3.63, 3.8) is 0 Å². The fourth-order valence-electron chi connectivity index (χ4n) is 1.54. The number of hydrogen-bond donors (Lipinski definition) is 3. The molecule has 0 radical (unpaired) electrons. The topological polar surface area (TPSA) is 36.1 Å². The van der Waals surface area contributed by atoms with Crippen molar-refractivity contribution in [3.8, 4) is 0 Å². The van der Waals surface area contributed by atoms with Crippen LogP contribution in [-0.2, 0) is 6.42 Å². The zero-order valence-corrected chi connectivity index (χ0v) is 8.09. The highest BCUT2D eigenvalue weighted by atomic mass is 15.4. The minimum absolute atomic E-state index is 0.958. The molecule has 0 saturated carbocycles. The average Bonchev–Trinajstić information content (AvgIpc) is 2.92. The number of hydrogen-bond acceptors (Lipinski definition) is 3. The Morgan fingerprint density at radius 3 is 2.71 bits per heavy atom. The molecule has 2 aliphatic heterocycles. The van der Waals surface area contributed by atoms with Crippen LogP contribution < -0.4 is 16.2 Å². The molecule has 0 atom stereocenters. The zero-order valence-electron chi connectivity index (χ0n) is 8.09. The van der Waals surface area contributed by atoms with Crippen LogP contribution in [0.15, 0.2) is 36.5 Å². The zero-order chi connectivity index (χ0) is 9.64. The predicted molar refractivity (Wildman–Crippen MR) is 58.9 cm³/mol. The molecule has 2 aliphatic rings. The first-order chi connectivity index (χ1) is 6.97. The molecule has 0 amide bonds. The highest BCUT2D eigenvalue weighted by Gasteiger charge is 2.05. The van der Waals surface area contributed by atoms with Gasteiger partial charge in [-0.2, -0.15) is 0 Å². The molecule has 0 unspecified atom stereocenters. The third-order valence-corrected chi connectivity index (χ3v) is 2.25. The fraction of sp³-hybridized carbons (Fsp3) is 0.273. The van der Waals surface area contributed by atoms with Gasteiger partial charge in [-0.25, -0.2) is 5.43 Å². The Labute approximate surface area is 84.2 Å². The first kappa shape index (κ1) is 9.09. The minimum atomic E-state index is 0.958. The van der Waals surface area contributed by atoms with Crippen molar-refractivity contribution in [1.29, 1.82) is 0 Å². The molecule has 1 aromatic rings. The average molecular weight is 189 g/mol. The molecule has 0 bridgehead atoms. The molecule has 0 aromatic heterocycles. The second kappa shape index (κ2) is 4.67. The lowest BCUT2D eigenvalue weighted by Crippen LogP contribution is -2.19. The van der Waals surface area contributed by atoms with Crippen LogP contribution in [0.4, 0.5) is 5.69 Å². The number of benzene rings is 1. The SMILES string of the molecule is C1=CNNC1.c1ccc2c(c1)CCN2. The molecule has 1 aromatic carbocycles. The standard InChI is InChI=1S/C8H9N.C3H6N2/c1-2-4-8-7(3-1)5-6-9-8;1-2-4-5-3-1/h1-4,9H,5-6H2;1-2,4-5H,3H2. The van der Waals surface area contributed by atoms with E-state index in [4.69, 9.17) is 0 Å². The van der Waals surface area contributed by atoms with Gasteiger partial charge in [-0.15, -0.1) is 0 Å². The summed E-state index contributed by atoms with van der Waals surface area (Å²) in [5.41, 5.74) is 8.43. The van der Waals surface area contributed by atoms with Gasteiger partial charge >= 0.3 is 0 Å². The van der Waals surface area contributed by atoms with E-state index < -0.39 is 0 Å². The van der Waals surface area contributed by atoms with Crippen molar-refractivity contribution in [2.75, 3.05) is 18.4 Å². The maximum atomic E-state index is 3.30. The lowest BCUT2D eigenvalue weighted by Gasteiger charge is -1.94. The van der Waals surface area contributed by atoms with E-state index in [2.05, 4.69) is 40.4 Å². The highest BCUT2D eigenvalue weighted by molar-refractivity contribution is 5.54. The summed E-state index contributed by atoms with van der Waals surface area (Å²) >= 11 is 0. The highest BCUT2D eigenvalue weighted by Crippen LogP contribution is 2.19. The van der Waals surface area contributed by atoms with E-state index in [9.17, 15) is 0 Å². The van der Waals surface area contributed by atoms with Crippen LogP contribution in [0, 0.1) is 0 Å². The van der Waals surface area contributed by atoms with Gasteiger partial charge in [0.1, 0.15) is 0 Å². The monoisotopic (exact) mass is 189 g/mol. The molecule has 2 heterocycles. The molecule has 3 heteroatoms. The Hall–Kier alpha value is -1.48. The Kier molecular flexibility index (Phi) is 3.03. The van der Waals surface area contributed by atoms with Crippen LogP contribution in [0.1, 0.15) is 5.56 Å². The Morgan fingerprint density at radius 2 is 2.07 bits per heavy atom. The molecule has 0 aliphatic carbocycles. The first-order valence-electron chi connectivity index (χ1n) is 4.92. The van der Waals surface area contributed by atoms with Gasteiger partial charge < -0.3 is 10.7 Å². The molecule has 74 valence electrons. The van der Waals surface area contributed by atoms with Crippen molar-refractivity contribution >= 4 is 5.69 Å². The minimum Gasteiger partial charge on any atom is -0.384 e. The smallest absolute Gasteiger partial charge is 0.0373 e. The number of fused-ring (bicyclic) bond motifs is 1. The number of para-hydroxylation sites is 1. The quantitative estimate of drug-likeness (QED) is 0.575. The van der Waals surface area contributed by atoms with Gasteiger partial charge in [-0.05, 0) is 18.1 Å². The van der Waals surface area contributed by atoms with Crippen molar-refractivity contribution in [2.45, 2.75) is 6.42 Å². The van der Waals surface area contributed by atoms with Crippen molar-refractivity contribution < 1.29 is 0 Å².